The molecule has 0 saturated heterocycles. The predicted octanol–water partition coefficient (Wildman–Crippen LogP) is 3.47. The van der Waals surface area contributed by atoms with E-state index in [2.05, 4.69) is 27.7 Å². The highest BCUT2D eigenvalue weighted by Gasteiger charge is 2.59. The van der Waals surface area contributed by atoms with Gasteiger partial charge in [0.15, 0.2) is 0 Å². The van der Waals surface area contributed by atoms with E-state index in [0.29, 0.717) is 10.8 Å². The molecule has 0 spiro atoms. The second-order valence-electron chi connectivity index (χ2n) is 5.51. The van der Waals surface area contributed by atoms with Crippen molar-refractivity contribution in [1.29, 1.82) is 0 Å². The minimum atomic E-state index is 0.631. The highest BCUT2D eigenvalue weighted by Crippen LogP contribution is 2.67. The van der Waals surface area contributed by atoms with E-state index in [1.807, 2.05) is 0 Å². The fraction of sp³-hybridized carbons (Fsp3) is 1.00. The third-order valence-corrected chi connectivity index (χ3v) is 5.23. The zero-order valence-corrected chi connectivity index (χ0v) is 8.28. The van der Waals surface area contributed by atoms with Crippen LogP contribution in [0.5, 0.6) is 0 Å². The zero-order valence-electron chi connectivity index (χ0n) is 8.28. The van der Waals surface area contributed by atoms with Crippen molar-refractivity contribution in [1.82, 2.24) is 0 Å². The van der Waals surface area contributed by atoms with Crippen molar-refractivity contribution < 1.29 is 0 Å². The normalized spacial score (nSPS) is 53.5. The third kappa shape index (κ3) is 0.666. The van der Waals surface area contributed by atoms with Gasteiger partial charge < -0.3 is 0 Å². The van der Waals surface area contributed by atoms with Gasteiger partial charge >= 0.3 is 0 Å². The maximum Gasteiger partial charge on any atom is -0.0246 e. The summed E-state index contributed by atoms with van der Waals surface area (Å²) in [5.74, 6) is 2.00. The van der Waals surface area contributed by atoms with Gasteiger partial charge in [0.1, 0.15) is 0 Å². The van der Waals surface area contributed by atoms with Gasteiger partial charge in [-0.1, -0.05) is 27.7 Å². The molecule has 0 aromatic heterocycles. The summed E-state index contributed by atoms with van der Waals surface area (Å²) in [6.45, 7) is 9.91. The van der Waals surface area contributed by atoms with Crippen molar-refractivity contribution in [2.75, 3.05) is 0 Å². The molecule has 0 amide bonds. The van der Waals surface area contributed by atoms with E-state index in [0.717, 1.165) is 11.8 Å². The van der Waals surface area contributed by atoms with Crippen molar-refractivity contribution in [2.45, 2.75) is 47.0 Å². The van der Waals surface area contributed by atoms with Crippen molar-refractivity contribution in [2.24, 2.45) is 22.7 Å². The van der Waals surface area contributed by atoms with Crippen LogP contribution >= 0.6 is 0 Å². The van der Waals surface area contributed by atoms with Gasteiger partial charge in [0.2, 0.25) is 0 Å². The molecule has 2 saturated carbocycles. The fourth-order valence-electron chi connectivity index (χ4n) is 3.60. The van der Waals surface area contributed by atoms with E-state index in [1.54, 1.807) is 0 Å². The van der Waals surface area contributed by atoms with Crippen LogP contribution in [0, 0.1) is 22.7 Å². The monoisotopic (exact) mass is 152 g/mol. The lowest BCUT2D eigenvalue weighted by molar-refractivity contribution is 0.112. The highest BCUT2D eigenvalue weighted by atomic mass is 14.6. The zero-order chi connectivity index (χ0) is 8.28. The Morgan fingerprint density at radius 2 is 1.82 bits per heavy atom. The predicted molar refractivity (Wildman–Crippen MR) is 48.4 cm³/mol. The average Bonchev–Trinajstić information content (AvgIpc) is 2.20. The van der Waals surface area contributed by atoms with Gasteiger partial charge in [0, 0.05) is 0 Å². The van der Waals surface area contributed by atoms with Crippen LogP contribution in [0.25, 0.3) is 0 Å². The molecule has 2 aliphatic rings. The van der Waals surface area contributed by atoms with Crippen molar-refractivity contribution in [3.8, 4) is 0 Å². The van der Waals surface area contributed by atoms with E-state index in [1.165, 1.54) is 19.3 Å². The number of hydrogen-bond acceptors (Lipinski definition) is 0. The second kappa shape index (κ2) is 1.84. The summed E-state index contributed by atoms with van der Waals surface area (Å²) in [6, 6.07) is 0. The van der Waals surface area contributed by atoms with Crippen molar-refractivity contribution >= 4 is 0 Å². The average molecular weight is 152 g/mol. The molecule has 0 aromatic rings. The molecule has 2 aliphatic carbocycles. The van der Waals surface area contributed by atoms with E-state index in [4.69, 9.17) is 0 Å². The van der Waals surface area contributed by atoms with Crippen molar-refractivity contribution in [3.63, 3.8) is 0 Å². The molecule has 0 aliphatic heterocycles. The first-order chi connectivity index (χ1) is 4.98. The number of fused-ring (bicyclic) bond motifs is 2. The first-order valence-electron chi connectivity index (χ1n) is 4.98. The van der Waals surface area contributed by atoms with E-state index in [-0.39, 0.29) is 0 Å². The second-order valence-corrected chi connectivity index (χ2v) is 5.51. The summed E-state index contributed by atoms with van der Waals surface area (Å²) in [6.07, 6.45) is 4.46. The summed E-state index contributed by atoms with van der Waals surface area (Å²) in [5, 5.41) is 0. The summed E-state index contributed by atoms with van der Waals surface area (Å²) >= 11 is 0. The van der Waals surface area contributed by atoms with Crippen LogP contribution in [0.3, 0.4) is 0 Å². The van der Waals surface area contributed by atoms with Gasteiger partial charge in [-0.2, -0.15) is 0 Å². The van der Waals surface area contributed by atoms with Crippen LogP contribution in [0.1, 0.15) is 47.0 Å². The molecule has 0 radical (unpaired) electrons. The summed E-state index contributed by atoms with van der Waals surface area (Å²) in [4.78, 5) is 0. The maximum atomic E-state index is 2.50. The van der Waals surface area contributed by atoms with Gasteiger partial charge in [-0.05, 0) is 41.9 Å². The summed E-state index contributed by atoms with van der Waals surface area (Å²) < 4.78 is 0. The van der Waals surface area contributed by atoms with Gasteiger partial charge in [-0.25, -0.2) is 0 Å². The van der Waals surface area contributed by atoms with E-state index < -0.39 is 0 Å². The standard InChI is InChI=1S/C11H20/c1-8-7-9-5-6-11(8,4)10(9,2)3/h8-9H,5-7H2,1-4H3/t8?,9-,11+/m1/s1. The van der Waals surface area contributed by atoms with Gasteiger partial charge in [-0.15, -0.1) is 0 Å². The molecule has 0 aromatic carbocycles. The van der Waals surface area contributed by atoms with Crippen LogP contribution in [-0.4, -0.2) is 0 Å². The van der Waals surface area contributed by atoms with Gasteiger partial charge in [0.25, 0.3) is 0 Å². The quantitative estimate of drug-likeness (QED) is 0.498. The molecule has 0 N–H and O–H groups in total. The molecule has 2 rings (SSSR count). The van der Waals surface area contributed by atoms with Gasteiger partial charge in [0.05, 0.1) is 0 Å². The first kappa shape index (κ1) is 7.64. The molecular formula is C11H20. The molecule has 2 bridgehead atoms. The lowest BCUT2D eigenvalue weighted by atomic mass is 9.67. The molecule has 3 atom stereocenters. The molecule has 64 valence electrons. The van der Waals surface area contributed by atoms with Crippen LogP contribution in [0.4, 0.5) is 0 Å². The van der Waals surface area contributed by atoms with Crippen LogP contribution in [-0.2, 0) is 0 Å². The lowest BCUT2D eigenvalue weighted by Crippen LogP contribution is -2.30. The molecule has 1 unspecified atom stereocenters. The summed E-state index contributed by atoms with van der Waals surface area (Å²) in [5.41, 5.74) is 1.30. The Labute approximate surface area is 70.4 Å². The van der Waals surface area contributed by atoms with E-state index >= 15 is 0 Å². The minimum Gasteiger partial charge on any atom is -0.0620 e. The smallest absolute Gasteiger partial charge is 0.0246 e. The lowest BCUT2D eigenvalue weighted by Gasteiger charge is -2.37. The van der Waals surface area contributed by atoms with Gasteiger partial charge in [-0.3, -0.25) is 0 Å². The maximum absolute atomic E-state index is 2.50. The Balaban J connectivity index is 2.40. The fourth-order valence-corrected chi connectivity index (χ4v) is 3.60. The molecule has 2 fully saturated rings. The Kier molecular flexibility index (Phi) is 1.28. The highest BCUT2D eigenvalue weighted by molar-refractivity contribution is 5.08. The number of hydrogen-bond donors (Lipinski definition) is 0. The topological polar surface area (TPSA) is 0 Å². The van der Waals surface area contributed by atoms with Crippen molar-refractivity contribution in [3.05, 3.63) is 0 Å². The SMILES string of the molecule is CC1C[C@H]2CC[C@]1(C)C2(C)C. The van der Waals surface area contributed by atoms with Crippen LogP contribution in [0.15, 0.2) is 0 Å². The Morgan fingerprint density at radius 3 is 2.00 bits per heavy atom. The molecule has 0 heterocycles. The molecular weight excluding hydrogens is 132 g/mol. The molecule has 0 heteroatoms. The molecule has 0 nitrogen and oxygen atoms in total. The Bertz CT molecular complexity index is 180. The van der Waals surface area contributed by atoms with E-state index in [9.17, 15) is 0 Å². The van der Waals surface area contributed by atoms with Crippen LogP contribution in [0.2, 0.25) is 0 Å². The Hall–Kier alpha value is 0. The third-order valence-electron chi connectivity index (χ3n) is 5.23. The Morgan fingerprint density at radius 1 is 1.18 bits per heavy atom. The first-order valence-corrected chi connectivity index (χ1v) is 4.98. The number of rotatable bonds is 0. The largest absolute Gasteiger partial charge is 0.0620 e. The van der Waals surface area contributed by atoms with Crippen LogP contribution < -0.4 is 0 Å². The summed E-state index contributed by atoms with van der Waals surface area (Å²) in [7, 11) is 0. The molecule has 11 heavy (non-hydrogen) atoms. The minimum absolute atomic E-state index is 0.631.